The summed E-state index contributed by atoms with van der Waals surface area (Å²) in [5.74, 6) is 0.920. The van der Waals surface area contributed by atoms with Gasteiger partial charge in [0.25, 0.3) is 0 Å². The summed E-state index contributed by atoms with van der Waals surface area (Å²) in [5, 5.41) is 0.645. The quantitative estimate of drug-likeness (QED) is 0.572. The minimum absolute atomic E-state index is 0.0392. The van der Waals surface area contributed by atoms with Crippen LogP contribution in [0, 0.1) is 6.92 Å². The van der Waals surface area contributed by atoms with Gasteiger partial charge in [0.1, 0.15) is 0 Å². The fraction of sp³-hybridized carbons (Fsp3) is 0.188. The molecule has 0 aliphatic rings. The number of ketones is 1. The molecule has 2 aromatic carbocycles. The van der Waals surface area contributed by atoms with Crippen LogP contribution in [0.5, 0.6) is 0 Å². The number of carbonyl (C=O) groups is 1. The van der Waals surface area contributed by atoms with E-state index in [0.717, 1.165) is 10.6 Å². The molecule has 3 heteroatoms. The fourth-order valence-electron chi connectivity index (χ4n) is 1.76. The number of benzene rings is 2. The van der Waals surface area contributed by atoms with Crippen molar-refractivity contribution >= 4 is 29.1 Å². The van der Waals surface area contributed by atoms with E-state index >= 15 is 0 Å². The average Bonchev–Trinajstić information content (AvgIpc) is 2.39. The summed E-state index contributed by atoms with van der Waals surface area (Å²) in [7, 11) is 0. The second kappa shape index (κ2) is 6.27. The van der Waals surface area contributed by atoms with Gasteiger partial charge >= 0.3 is 0 Å². The highest BCUT2D eigenvalue weighted by molar-refractivity contribution is 7.98. The molecule has 0 spiro atoms. The zero-order chi connectivity index (χ0) is 13.8. The van der Waals surface area contributed by atoms with E-state index in [2.05, 4.69) is 19.1 Å². The number of Topliss-reactive ketones (excluding diaryl/α,β-unsaturated/α-hetero) is 1. The number of aryl methyl sites for hydroxylation is 1. The second-order valence-corrected chi connectivity index (χ2v) is 5.84. The Labute approximate surface area is 123 Å². The largest absolute Gasteiger partial charge is 0.295 e. The first-order chi connectivity index (χ1) is 9.08. The minimum atomic E-state index is 0.0392. The Bertz CT molecular complexity index is 607. The van der Waals surface area contributed by atoms with E-state index in [9.17, 15) is 4.79 Å². The van der Waals surface area contributed by atoms with Gasteiger partial charge in [-0.1, -0.05) is 41.9 Å². The zero-order valence-corrected chi connectivity index (χ0v) is 12.5. The molecule has 0 fully saturated rings. The lowest BCUT2D eigenvalue weighted by Gasteiger charge is -2.07. The molecule has 0 saturated heterocycles. The third-order valence-corrected chi connectivity index (χ3v) is 4.53. The third-order valence-electron chi connectivity index (χ3n) is 2.98. The molecule has 0 heterocycles. The SMILES string of the molecule is CC(=O)c1ccc(SCc2ccccc2C)c(Cl)c1. The van der Waals surface area contributed by atoms with Crippen molar-refractivity contribution in [3.63, 3.8) is 0 Å². The Morgan fingerprint density at radius 1 is 1.21 bits per heavy atom. The summed E-state index contributed by atoms with van der Waals surface area (Å²) >= 11 is 7.90. The molecule has 2 aromatic rings. The number of hydrogen-bond acceptors (Lipinski definition) is 2. The fourth-order valence-corrected chi connectivity index (χ4v) is 3.10. The van der Waals surface area contributed by atoms with Crippen molar-refractivity contribution in [3.8, 4) is 0 Å². The van der Waals surface area contributed by atoms with Crippen molar-refractivity contribution in [3.05, 3.63) is 64.2 Å². The zero-order valence-electron chi connectivity index (χ0n) is 10.9. The van der Waals surface area contributed by atoms with E-state index in [0.29, 0.717) is 10.6 Å². The molecule has 0 N–H and O–H groups in total. The summed E-state index contributed by atoms with van der Waals surface area (Å²) in [6.07, 6.45) is 0. The normalized spacial score (nSPS) is 10.5. The van der Waals surface area contributed by atoms with E-state index in [-0.39, 0.29) is 5.78 Å². The van der Waals surface area contributed by atoms with E-state index in [1.807, 2.05) is 24.3 Å². The van der Waals surface area contributed by atoms with E-state index in [1.165, 1.54) is 11.1 Å². The lowest BCUT2D eigenvalue weighted by atomic mass is 10.1. The van der Waals surface area contributed by atoms with Gasteiger partial charge in [-0.25, -0.2) is 0 Å². The van der Waals surface area contributed by atoms with Crippen molar-refractivity contribution in [2.45, 2.75) is 24.5 Å². The molecule has 98 valence electrons. The highest BCUT2D eigenvalue weighted by Crippen LogP contribution is 2.31. The van der Waals surface area contributed by atoms with Crippen LogP contribution < -0.4 is 0 Å². The molecule has 0 atom stereocenters. The van der Waals surface area contributed by atoms with Crippen LogP contribution in [0.25, 0.3) is 0 Å². The first-order valence-electron chi connectivity index (χ1n) is 6.05. The average molecular weight is 291 g/mol. The van der Waals surface area contributed by atoms with Crippen LogP contribution >= 0.6 is 23.4 Å². The van der Waals surface area contributed by atoms with Crippen LogP contribution in [0.2, 0.25) is 5.02 Å². The van der Waals surface area contributed by atoms with Crippen molar-refractivity contribution in [2.24, 2.45) is 0 Å². The van der Waals surface area contributed by atoms with Crippen LogP contribution in [0.1, 0.15) is 28.4 Å². The molecule has 0 saturated carbocycles. The minimum Gasteiger partial charge on any atom is -0.295 e. The molecular formula is C16H15ClOS. The lowest BCUT2D eigenvalue weighted by Crippen LogP contribution is -1.92. The topological polar surface area (TPSA) is 17.1 Å². The monoisotopic (exact) mass is 290 g/mol. The van der Waals surface area contributed by atoms with Gasteiger partial charge in [0.2, 0.25) is 0 Å². The maximum Gasteiger partial charge on any atom is 0.159 e. The third kappa shape index (κ3) is 3.62. The Balaban J connectivity index is 2.12. The Hall–Kier alpha value is -1.25. The molecule has 2 rings (SSSR count). The summed E-state index contributed by atoms with van der Waals surface area (Å²) in [5.41, 5.74) is 3.25. The summed E-state index contributed by atoms with van der Waals surface area (Å²) in [6, 6.07) is 13.8. The van der Waals surface area contributed by atoms with Crippen molar-refractivity contribution in [1.29, 1.82) is 0 Å². The van der Waals surface area contributed by atoms with Gasteiger partial charge in [-0.05, 0) is 37.1 Å². The van der Waals surface area contributed by atoms with E-state index < -0.39 is 0 Å². The number of carbonyl (C=O) groups excluding carboxylic acids is 1. The molecule has 0 aliphatic carbocycles. The van der Waals surface area contributed by atoms with E-state index in [1.54, 1.807) is 24.8 Å². The number of halogens is 1. The van der Waals surface area contributed by atoms with Gasteiger partial charge < -0.3 is 0 Å². The van der Waals surface area contributed by atoms with Crippen molar-refractivity contribution in [1.82, 2.24) is 0 Å². The lowest BCUT2D eigenvalue weighted by molar-refractivity contribution is 0.101. The molecule has 0 unspecified atom stereocenters. The van der Waals surface area contributed by atoms with Crippen LogP contribution in [-0.2, 0) is 5.75 Å². The Kier molecular flexibility index (Phi) is 4.67. The molecule has 0 aromatic heterocycles. The summed E-state index contributed by atoms with van der Waals surface area (Å²) in [6.45, 7) is 3.65. The first kappa shape index (κ1) is 14.2. The predicted octanol–water partition coefficient (Wildman–Crippen LogP) is 5.14. The van der Waals surface area contributed by atoms with Crippen LogP contribution in [0.15, 0.2) is 47.4 Å². The van der Waals surface area contributed by atoms with Gasteiger partial charge in [-0.2, -0.15) is 0 Å². The molecule has 0 radical (unpaired) electrons. The van der Waals surface area contributed by atoms with Crippen LogP contribution in [-0.4, -0.2) is 5.78 Å². The first-order valence-corrected chi connectivity index (χ1v) is 7.42. The van der Waals surface area contributed by atoms with Crippen molar-refractivity contribution in [2.75, 3.05) is 0 Å². The van der Waals surface area contributed by atoms with Crippen LogP contribution in [0.3, 0.4) is 0 Å². The molecule has 1 nitrogen and oxygen atoms in total. The van der Waals surface area contributed by atoms with Gasteiger partial charge in [0, 0.05) is 16.2 Å². The second-order valence-electron chi connectivity index (χ2n) is 4.42. The maximum absolute atomic E-state index is 11.3. The van der Waals surface area contributed by atoms with Gasteiger partial charge in [0.15, 0.2) is 5.78 Å². The summed E-state index contributed by atoms with van der Waals surface area (Å²) in [4.78, 5) is 12.3. The number of rotatable bonds is 4. The van der Waals surface area contributed by atoms with Gasteiger partial charge in [0.05, 0.1) is 5.02 Å². The number of hydrogen-bond donors (Lipinski definition) is 0. The number of thioether (sulfide) groups is 1. The van der Waals surface area contributed by atoms with Crippen LogP contribution in [0.4, 0.5) is 0 Å². The maximum atomic E-state index is 11.3. The molecule has 19 heavy (non-hydrogen) atoms. The highest BCUT2D eigenvalue weighted by atomic mass is 35.5. The molecular weight excluding hydrogens is 276 g/mol. The predicted molar refractivity (Wildman–Crippen MR) is 82.2 cm³/mol. The molecule has 0 aliphatic heterocycles. The highest BCUT2D eigenvalue weighted by Gasteiger charge is 2.06. The molecule has 0 bridgehead atoms. The smallest absolute Gasteiger partial charge is 0.159 e. The van der Waals surface area contributed by atoms with Gasteiger partial charge in [-0.15, -0.1) is 11.8 Å². The van der Waals surface area contributed by atoms with E-state index in [4.69, 9.17) is 11.6 Å². The Morgan fingerprint density at radius 3 is 2.58 bits per heavy atom. The van der Waals surface area contributed by atoms with Crippen molar-refractivity contribution < 1.29 is 4.79 Å². The molecule has 0 amide bonds. The van der Waals surface area contributed by atoms with Gasteiger partial charge in [-0.3, -0.25) is 4.79 Å². The standard InChI is InChI=1S/C16H15ClOS/c1-11-5-3-4-6-14(11)10-19-16-8-7-13(12(2)18)9-15(16)17/h3-9H,10H2,1-2H3. The summed E-state index contributed by atoms with van der Waals surface area (Å²) < 4.78 is 0. The Morgan fingerprint density at radius 2 is 1.95 bits per heavy atom.